The maximum Gasteiger partial charge on any atom is 0.137 e. The van der Waals surface area contributed by atoms with E-state index in [9.17, 15) is 0 Å². The first-order chi connectivity index (χ1) is 8.36. The fourth-order valence-corrected chi connectivity index (χ4v) is 1.71. The largest absolute Gasteiger partial charge is 0.383 e. The summed E-state index contributed by atoms with van der Waals surface area (Å²) in [5.41, 5.74) is 6.79. The van der Waals surface area contributed by atoms with E-state index >= 15 is 0 Å². The van der Waals surface area contributed by atoms with E-state index in [4.69, 9.17) is 11.0 Å². The highest BCUT2D eigenvalue weighted by Crippen LogP contribution is 2.23. The average molecular weight is 247 g/mol. The number of nitrogens with zero attached hydrogens (tertiary/aromatic N) is 4. The highest BCUT2D eigenvalue weighted by atomic mass is 15.2. The first-order valence-electron chi connectivity index (χ1n) is 6.11. The minimum absolute atomic E-state index is 0.0481. The second kappa shape index (κ2) is 5.67. The lowest BCUT2D eigenvalue weighted by Gasteiger charge is -2.22. The molecule has 0 spiro atoms. The van der Waals surface area contributed by atoms with E-state index in [1.165, 1.54) is 0 Å². The molecule has 0 saturated carbocycles. The molecule has 1 aromatic heterocycles. The van der Waals surface area contributed by atoms with Gasteiger partial charge in [-0.3, -0.25) is 0 Å². The second-order valence-corrected chi connectivity index (χ2v) is 4.98. The normalized spacial score (nSPS) is 12.3. The Morgan fingerprint density at radius 3 is 2.44 bits per heavy atom. The van der Waals surface area contributed by atoms with Crippen molar-refractivity contribution in [2.75, 3.05) is 24.2 Å². The van der Waals surface area contributed by atoms with Crippen molar-refractivity contribution in [3.8, 4) is 6.07 Å². The Balaban J connectivity index is 3.11. The predicted octanol–water partition coefficient (Wildman–Crippen LogP) is 2.09. The summed E-state index contributed by atoms with van der Waals surface area (Å²) in [4.78, 5) is 10.8. The number of hydrogen-bond acceptors (Lipinski definition) is 5. The monoisotopic (exact) mass is 247 g/mol. The van der Waals surface area contributed by atoms with Gasteiger partial charge in [0.25, 0.3) is 0 Å². The number of nitrogen functional groups attached to an aromatic ring is 1. The van der Waals surface area contributed by atoms with Gasteiger partial charge in [-0.15, -0.1) is 0 Å². The summed E-state index contributed by atoms with van der Waals surface area (Å²) in [7, 11) is 1.92. The third-order valence-corrected chi connectivity index (χ3v) is 2.82. The van der Waals surface area contributed by atoms with Gasteiger partial charge in [0.15, 0.2) is 0 Å². The molecule has 98 valence electrons. The van der Waals surface area contributed by atoms with E-state index in [-0.39, 0.29) is 11.8 Å². The minimum Gasteiger partial charge on any atom is -0.383 e. The number of hydrogen-bond donors (Lipinski definition) is 1. The Morgan fingerprint density at radius 2 is 1.94 bits per heavy atom. The van der Waals surface area contributed by atoms with Crippen LogP contribution in [0.4, 0.5) is 11.6 Å². The topological polar surface area (TPSA) is 78.8 Å². The van der Waals surface area contributed by atoms with E-state index in [2.05, 4.69) is 16.0 Å². The maximum absolute atomic E-state index is 8.86. The first kappa shape index (κ1) is 14.2. The number of nitrogens with two attached hydrogens (primary N) is 1. The average Bonchev–Trinajstić information content (AvgIpc) is 2.31. The van der Waals surface area contributed by atoms with Gasteiger partial charge in [0.05, 0.1) is 12.0 Å². The molecule has 0 aliphatic heterocycles. The molecule has 1 heterocycles. The SMILES string of the molecule is Cc1c(N)nc(C(C)C)nc1N(C)CC(C)C#N. The smallest absolute Gasteiger partial charge is 0.137 e. The number of nitriles is 1. The van der Waals surface area contributed by atoms with Crippen LogP contribution in [-0.2, 0) is 0 Å². The molecule has 1 aromatic rings. The molecule has 0 radical (unpaired) electrons. The van der Waals surface area contributed by atoms with E-state index < -0.39 is 0 Å². The molecule has 0 bridgehead atoms. The Morgan fingerprint density at radius 1 is 1.33 bits per heavy atom. The molecule has 0 fully saturated rings. The van der Waals surface area contributed by atoms with Crippen LogP contribution in [0.3, 0.4) is 0 Å². The zero-order valence-corrected chi connectivity index (χ0v) is 11.7. The van der Waals surface area contributed by atoms with Gasteiger partial charge in [-0.2, -0.15) is 5.26 Å². The minimum atomic E-state index is -0.0481. The summed E-state index contributed by atoms with van der Waals surface area (Å²) in [6, 6.07) is 2.22. The van der Waals surface area contributed by atoms with Crippen molar-refractivity contribution in [3.63, 3.8) is 0 Å². The Labute approximate surface area is 109 Å². The maximum atomic E-state index is 8.86. The van der Waals surface area contributed by atoms with Crippen molar-refractivity contribution in [2.45, 2.75) is 33.6 Å². The van der Waals surface area contributed by atoms with Crippen LogP contribution in [-0.4, -0.2) is 23.6 Å². The summed E-state index contributed by atoms with van der Waals surface area (Å²) in [6.07, 6.45) is 0. The van der Waals surface area contributed by atoms with Crippen molar-refractivity contribution in [1.29, 1.82) is 5.26 Å². The predicted molar refractivity (Wildman–Crippen MR) is 73.3 cm³/mol. The van der Waals surface area contributed by atoms with Gasteiger partial charge < -0.3 is 10.6 Å². The quantitative estimate of drug-likeness (QED) is 0.881. The summed E-state index contributed by atoms with van der Waals surface area (Å²) in [5.74, 6) is 2.25. The fraction of sp³-hybridized carbons (Fsp3) is 0.615. The van der Waals surface area contributed by atoms with Crippen molar-refractivity contribution < 1.29 is 0 Å². The fourth-order valence-electron chi connectivity index (χ4n) is 1.71. The summed E-state index contributed by atoms with van der Waals surface area (Å²) >= 11 is 0. The van der Waals surface area contributed by atoms with E-state index in [0.29, 0.717) is 12.4 Å². The molecule has 2 N–H and O–H groups in total. The van der Waals surface area contributed by atoms with Gasteiger partial charge in [0, 0.05) is 25.1 Å². The van der Waals surface area contributed by atoms with Crippen molar-refractivity contribution in [1.82, 2.24) is 9.97 Å². The van der Waals surface area contributed by atoms with Gasteiger partial charge in [-0.1, -0.05) is 13.8 Å². The number of rotatable bonds is 4. The lowest BCUT2D eigenvalue weighted by Crippen LogP contribution is -2.26. The molecule has 1 rings (SSSR count). The second-order valence-electron chi connectivity index (χ2n) is 4.98. The van der Waals surface area contributed by atoms with Gasteiger partial charge in [0.1, 0.15) is 17.5 Å². The molecule has 5 nitrogen and oxygen atoms in total. The lowest BCUT2D eigenvalue weighted by atomic mass is 10.1. The van der Waals surface area contributed by atoms with Crippen LogP contribution in [0.5, 0.6) is 0 Å². The van der Waals surface area contributed by atoms with Crippen molar-refractivity contribution >= 4 is 11.6 Å². The molecule has 0 aliphatic carbocycles. The Bertz CT molecular complexity index is 461. The van der Waals surface area contributed by atoms with E-state index in [0.717, 1.165) is 17.2 Å². The van der Waals surface area contributed by atoms with Gasteiger partial charge in [-0.05, 0) is 13.8 Å². The molecule has 0 aliphatic rings. The molecule has 0 saturated heterocycles. The zero-order chi connectivity index (χ0) is 13.9. The summed E-state index contributed by atoms with van der Waals surface area (Å²) < 4.78 is 0. The van der Waals surface area contributed by atoms with Crippen LogP contribution in [0.2, 0.25) is 0 Å². The number of anilines is 2. The van der Waals surface area contributed by atoms with Gasteiger partial charge in [-0.25, -0.2) is 9.97 Å². The molecule has 0 aromatic carbocycles. The van der Waals surface area contributed by atoms with Gasteiger partial charge >= 0.3 is 0 Å². The van der Waals surface area contributed by atoms with Crippen LogP contribution in [0, 0.1) is 24.2 Å². The van der Waals surface area contributed by atoms with Crippen LogP contribution in [0.15, 0.2) is 0 Å². The zero-order valence-electron chi connectivity index (χ0n) is 11.7. The van der Waals surface area contributed by atoms with Gasteiger partial charge in [0.2, 0.25) is 0 Å². The Kier molecular flexibility index (Phi) is 4.49. The lowest BCUT2D eigenvalue weighted by molar-refractivity contribution is 0.698. The van der Waals surface area contributed by atoms with E-state index in [1.807, 2.05) is 39.6 Å². The molecule has 1 unspecified atom stereocenters. The van der Waals surface area contributed by atoms with Crippen LogP contribution >= 0.6 is 0 Å². The molecule has 1 atom stereocenters. The Hall–Kier alpha value is -1.83. The molecule has 0 amide bonds. The van der Waals surface area contributed by atoms with Crippen molar-refractivity contribution in [3.05, 3.63) is 11.4 Å². The molecular formula is C13H21N5. The molecule has 18 heavy (non-hydrogen) atoms. The van der Waals surface area contributed by atoms with Crippen molar-refractivity contribution in [2.24, 2.45) is 5.92 Å². The summed E-state index contributed by atoms with van der Waals surface area (Å²) in [5, 5.41) is 8.86. The van der Waals surface area contributed by atoms with Crippen LogP contribution < -0.4 is 10.6 Å². The standard InChI is InChI=1S/C13H21N5/c1-8(2)12-16-11(15)10(4)13(17-12)18(5)7-9(3)6-14/h8-9H,7H2,1-5H3,(H2,15,16,17). The number of aromatic nitrogens is 2. The highest BCUT2D eigenvalue weighted by Gasteiger charge is 2.15. The molecular weight excluding hydrogens is 226 g/mol. The summed E-state index contributed by atoms with van der Waals surface area (Å²) in [6.45, 7) is 8.49. The molecule has 5 heteroatoms. The first-order valence-corrected chi connectivity index (χ1v) is 6.11. The van der Waals surface area contributed by atoms with Crippen LogP contribution in [0.25, 0.3) is 0 Å². The third kappa shape index (κ3) is 3.10. The third-order valence-electron chi connectivity index (χ3n) is 2.82. The van der Waals surface area contributed by atoms with Crippen LogP contribution in [0.1, 0.15) is 38.1 Å². The van der Waals surface area contributed by atoms with E-state index in [1.54, 1.807) is 0 Å². The highest BCUT2D eigenvalue weighted by molar-refractivity contribution is 5.56.